The van der Waals surface area contributed by atoms with Gasteiger partial charge in [0.25, 0.3) is 0 Å². The number of carboxylic acids is 1. The molecule has 0 aromatic heterocycles. The molecule has 2 aliphatic carbocycles. The number of carboxylic acid groups (broad SMARTS) is 1. The standard InChI is InChI=1S/C16H29NO2/c1-2-12-6-8-13(9-7-12)11-17-15-5-3-4-14(10-15)16(18)19/h12-15,17H,2-11H2,1H3,(H,18,19). The summed E-state index contributed by atoms with van der Waals surface area (Å²) < 4.78 is 0. The van der Waals surface area contributed by atoms with E-state index in [0.29, 0.717) is 6.04 Å². The molecule has 110 valence electrons. The Kier molecular flexibility index (Phi) is 5.68. The van der Waals surface area contributed by atoms with Crippen LogP contribution in [-0.4, -0.2) is 23.7 Å². The van der Waals surface area contributed by atoms with E-state index >= 15 is 0 Å². The minimum atomic E-state index is -0.602. The summed E-state index contributed by atoms with van der Waals surface area (Å²) in [4.78, 5) is 11.0. The fourth-order valence-electron chi connectivity index (χ4n) is 3.78. The second-order valence-corrected chi connectivity index (χ2v) is 6.60. The van der Waals surface area contributed by atoms with Crippen LogP contribution >= 0.6 is 0 Å². The molecule has 2 N–H and O–H groups in total. The summed E-state index contributed by atoms with van der Waals surface area (Å²) in [5.74, 6) is 1.08. The van der Waals surface area contributed by atoms with E-state index in [0.717, 1.165) is 44.1 Å². The van der Waals surface area contributed by atoms with Crippen LogP contribution in [0.25, 0.3) is 0 Å². The van der Waals surface area contributed by atoms with Crippen LogP contribution in [0.2, 0.25) is 0 Å². The van der Waals surface area contributed by atoms with Gasteiger partial charge < -0.3 is 10.4 Å². The third kappa shape index (κ3) is 4.48. The summed E-state index contributed by atoms with van der Waals surface area (Å²) >= 11 is 0. The van der Waals surface area contributed by atoms with Gasteiger partial charge in [0, 0.05) is 6.04 Å². The van der Waals surface area contributed by atoms with Crippen LogP contribution in [0.4, 0.5) is 0 Å². The Hall–Kier alpha value is -0.570. The molecule has 0 aromatic rings. The average Bonchev–Trinajstić information content (AvgIpc) is 2.46. The summed E-state index contributed by atoms with van der Waals surface area (Å²) in [5.41, 5.74) is 0. The summed E-state index contributed by atoms with van der Waals surface area (Å²) in [6.07, 6.45) is 10.8. The fourth-order valence-corrected chi connectivity index (χ4v) is 3.78. The predicted octanol–water partition coefficient (Wildman–Crippen LogP) is 3.44. The number of carbonyl (C=O) groups is 1. The van der Waals surface area contributed by atoms with Gasteiger partial charge in [-0.1, -0.05) is 32.6 Å². The maximum atomic E-state index is 11.0. The quantitative estimate of drug-likeness (QED) is 0.802. The van der Waals surface area contributed by atoms with Crippen molar-refractivity contribution in [2.24, 2.45) is 17.8 Å². The van der Waals surface area contributed by atoms with Crippen molar-refractivity contribution in [3.8, 4) is 0 Å². The Morgan fingerprint density at radius 3 is 2.42 bits per heavy atom. The molecule has 0 spiro atoms. The van der Waals surface area contributed by atoms with Crippen molar-refractivity contribution in [3.63, 3.8) is 0 Å². The van der Waals surface area contributed by atoms with Gasteiger partial charge in [0.2, 0.25) is 0 Å². The van der Waals surface area contributed by atoms with Gasteiger partial charge in [0.05, 0.1) is 5.92 Å². The Morgan fingerprint density at radius 1 is 1.11 bits per heavy atom. The van der Waals surface area contributed by atoms with Gasteiger partial charge in [-0.3, -0.25) is 4.79 Å². The SMILES string of the molecule is CCC1CCC(CNC2CCCC(C(=O)O)C2)CC1. The summed E-state index contributed by atoms with van der Waals surface area (Å²) in [6, 6.07) is 0.443. The molecule has 0 radical (unpaired) electrons. The van der Waals surface area contributed by atoms with Crippen LogP contribution in [0.15, 0.2) is 0 Å². The molecule has 0 heterocycles. The number of rotatable bonds is 5. The Morgan fingerprint density at radius 2 is 1.79 bits per heavy atom. The van der Waals surface area contributed by atoms with Crippen molar-refractivity contribution in [3.05, 3.63) is 0 Å². The molecule has 2 fully saturated rings. The topological polar surface area (TPSA) is 49.3 Å². The van der Waals surface area contributed by atoms with Crippen molar-refractivity contribution >= 4 is 5.97 Å². The molecular formula is C16H29NO2. The van der Waals surface area contributed by atoms with Crippen molar-refractivity contribution in [2.75, 3.05) is 6.54 Å². The number of nitrogens with one attached hydrogen (secondary N) is 1. The normalized spacial score (nSPS) is 36.1. The first-order valence-electron chi connectivity index (χ1n) is 8.15. The molecular weight excluding hydrogens is 238 g/mol. The van der Waals surface area contributed by atoms with Gasteiger partial charge in [0.15, 0.2) is 0 Å². The zero-order chi connectivity index (χ0) is 13.7. The fraction of sp³-hybridized carbons (Fsp3) is 0.938. The highest BCUT2D eigenvalue weighted by molar-refractivity contribution is 5.70. The van der Waals surface area contributed by atoms with Gasteiger partial charge in [-0.15, -0.1) is 0 Å². The molecule has 2 atom stereocenters. The van der Waals surface area contributed by atoms with Crippen molar-refractivity contribution in [2.45, 2.75) is 70.8 Å². The Labute approximate surface area is 117 Å². The van der Waals surface area contributed by atoms with E-state index in [1.165, 1.54) is 32.1 Å². The van der Waals surface area contributed by atoms with Crippen LogP contribution < -0.4 is 5.32 Å². The number of aliphatic carboxylic acids is 1. The zero-order valence-electron chi connectivity index (χ0n) is 12.2. The van der Waals surface area contributed by atoms with Crippen LogP contribution in [0.3, 0.4) is 0 Å². The lowest BCUT2D eigenvalue weighted by Gasteiger charge is -2.32. The lowest BCUT2D eigenvalue weighted by atomic mass is 9.80. The van der Waals surface area contributed by atoms with E-state index in [4.69, 9.17) is 5.11 Å². The smallest absolute Gasteiger partial charge is 0.306 e. The minimum Gasteiger partial charge on any atom is -0.481 e. The van der Waals surface area contributed by atoms with E-state index in [-0.39, 0.29) is 5.92 Å². The molecule has 0 saturated heterocycles. The van der Waals surface area contributed by atoms with Crippen molar-refractivity contribution in [1.29, 1.82) is 0 Å². The molecule has 0 bridgehead atoms. The van der Waals surface area contributed by atoms with Gasteiger partial charge in [0.1, 0.15) is 0 Å². The summed E-state index contributed by atoms with van der Waals surface area (Å²) in [7, 11) is 0. The molecule has 0 amide bonds. The Bertz CT molecular complexity index is 284. The number of hydrogen-bond donors (Lipinski definition) is 2. The second kappa shape index (κ2) is 7.28. The van der Waals surface area contributed by atoms with Crippen LogP contribution in [0.1, 0.15) is 64.7 Å². The van der Waals surface area contributed by atoms with Crippen molar-refractivity contribution < 1.29 is 9.90 Å². The van der Waals surface area contributed by atoms with Gasteiger partial charge in [-0.25, -0.2) is 0 Å². The molecule has 2 rings (SSSR count). The average molecular weight is 267 g/mol. The van der Waals surface area contributed by atoms with E-state index < -0.39 is 5.97 Å². The first-order chi connectivity index (χ1) is 9.19. The third-order valence-corrected chi connectivity index (χ3v) is 5.26. The Balaban J connectivity index is 1.66. The highest BCUT2D eigenvalue weighted by Crippen LogP contribution is 2.31. The third-order valence-electron chi connectivity index (χ3n) is 5.26. The van der Waals surface area contributed by atoms with Gasteiger partial charge in [-0.05, 0) is 50.5 Å². The van der Waals surface area contributed by atoms with E-state index in [1.807, 2.05) is 0 Å². The molecule has 2 aliphatic rings. The van der Waals surface area contributed by atoms with Crippen molar-refractivity contribution in [1.82, 2.24) is 5.32 Å². The molecule has 0 aliphatic heterocycles. The molecule has 3 nitrogen and oxygen atoms in total. The second-order valence-electron chi connectivity index (χ2n) is 6.60. The monoisotopic (exact) mass is 267 g/mol. The van der Waals surface area contributed by atoms with Crippen LogP contribution in [0.5, 0.6) is 0 Å². The maximum absolute atomic E-state index is 11.0. The van der Waals surface area contributed by atoms with Gasteiger partial charge >= 0.3 is 5.97 Å². The molecule has 19 heavy (non-hydrogen) atoms. The van der Waals surface area contributed by atoms with Crippen LogP contribution in [0, 0.1) is 17.8 Å². The van der Waals surface area contributed by atoms with Crippen LogP contribution in [-0.2, 0) is 4.79 Å². The molecule has 2 unspecified atom stereocenters. The number of hydrogen-bond acceptors (Lipinski definition) is 2. The zero-order valence-corrected chi connectivity index (χ0v) is 12.2. The lowest BCUT2D eigenvalue weighted by Crippen LogP contribution is -2.39. The molecule has 2 saturated carbocycles. The van der Waals surface area contributed by atoms with E-state index in [9.17, 15) is 4.79 Å². The summed E-state index contributed by atoms with van der Waals surface area (Å²) in [6.45, 7) is 3.41. The summed E-state index contributed by atoms with van der Waals surface area (Å²) in [5, 5.41) is 12.7. The highest BCUT2D eigenvalue weighted by atomic mass is 16.4. The molecule has 3 heteroatoms. The van der Waals surface area contributed by atoms with E-state index in [2.05, 4.69) is 12.2 Å². The first-order valence-corrected chi connectivity index (χ1v) is 8.15. The lowest BCUT2D eigenvalue weighted by molar-refractivity contribution is -0.143. The first kappa shape index (κ1) is 14.8. The minimum absolute atomic E-state index is 0.109. The highest BCUT2D eigenvalue weighted by Gasteiger charge is 2.27. The maximum Gasteiger partial charge on any atom is 0.306 e. The largest absolute Gasteiger partial charge is 0.481 e. The predicted molar refractivity (Wildman–Crippen MR) is 77.1 cm³/mol. The van der Waals surface area contributed by atoms with Gasteiger partial charge in [-0.2, -0.15) is 0 Å². The van der Waals surface area contributed by atoms with E-state index in [1.54, 1.807) is 0 Å². The molecule has 0 aromatic carbocycles.